The van der Waals surface area contributed by atoms with Crippen LogP contribution in [-0.4, -0.2) is 46.9 Å². The number of fused-ring (bicyclic) bond motifs is 1. The molecule has 0 unspecified atom stereocenters. The molecule has 1 aromatic heterocycles. The fourth-order valence-corrected chi connectivity index (χ4v) is 4.69. The van der Waals surface area contributed by atoms with Gasteiger partial charge in [-0.15, -0.1) is 0 Å². The van der Waals surface area contributed by atoms with Crippen molar-refractivity contribution in [2.24, 2.45) is 0 Å². The Bertz CT molecular complexity index is 1340. The topological polar surface area (TPSA) is 76.8 Å². The second-order valence-electron chi connectivity index (χ2n) is 8.57. The highest BCUT2D eigenvalue weighted by Gasteiger charge is 2.35. The average Bonchev–Trinajstić information content (AvgIpc) is 3.44. The number of amides is 1. The molecule has 0 bridgehead atoms. The highest BCUT2D eigenvalue weighted by atomic mass is 35.5. The van der Waals surface area contributed by atoms with E-state index in [0.29, 0.717) is 23.7 Å². The van der Waals surface area contributed by atoms with Crippen LogP contribution in [0.15, 0.2) is 72.8 Å². The Morgan fingerprint density at radius 2 is 1.83 bits per heavy atom. The molecule has 4 aromatic rings. The van der Waals surface area contributed by atoms with Crippen LogP contribution in [0.4, 0.5) is 5.69 Å². The summed E-state index contributed by atoms with van der Waals surface area (Å²) in [5.41, 5.74) is 2.57. The number of halogens is 1. The van der Waals surface area contributed by atoms with E-state index in [2.05, 4.69) is 0 Å². The summed E-state index contributed by atoms with van der Waals surface area (Å²) in [4.78, 5) is 19.6. The molecule has 0 radical (unpaired) electrons. The number of aromatic nitrogens is 2. The van der Waals surface area contributed by atoms with E-state index in [1.807, 2.05) is 65.2 Å². The highest BCUT2D eigenvalue weighted by Crippen LogP contribution is 2.34. The Kier molecular flexibility index (Phi) is 6.61. The second-order valence-corrected chi connectivity index (χ2v) is 8.98. The zero-order valence-corrected chi connectivity index (χ0v) is 20.1. The Morgan fingerprint density at radius 3 is 2.60 bits per heavy atom. The molecule has 3 aromatic carbocycles. The van der Waals surface area contributed by atoms with Gasteiger partial charge in [0.05, 0.1) is 29.7 Å². The number of rotatable bonds is 8. The summed E-state index contributed by atoms with van der Waals surface area (Å²) in [6, 6.07) is 22.4. The van der Waals surface area contributed by atoms with Crippen molar-refractivity contribution in [3.05, 3.63) is 83.6 Å². The molecule has 1 aliphatic heterocycles. The number of hydrogen-bond donors (Lipinski definition) is 1. The number of carbonyl (C=O) groups excluding carboxylic acids is 1. The zero-order valence-electron chi connectivity index (χ0n) is 19.3. The Labute approximate surface area is 208 Å². The lowest BCUT2D eigenvalue weighted by Crippen LogP contribution is -2.26. The van der Waals surface area contributed by atoms with Crippen LogP contribution >= 0.6 is 11.6 Å². The molecule has 1 saturated heterocycles. The third kappa shape index (κ3) is 4.83. The van der Waals surface area contributed by atoms with E-state index < -0.39 is 6.10 Å². The van der Waals surface area contributed by atoms with Gasteiger partial charge in [0, 0.05) is 24.6 Å². The smallest absolute Gasteiger partial charge is 0.227 e. The largest absolute Gasteiger partial charge is 0.497 e. The number of para-hydroxylation sites is 3. The number of aliphatic hydroxyl groups is 1. The van der Waals surface area contributed by atoms with Gasteiger partial charge in [0.1, 0.15) is 30.0 Å². The number of benzene rings is 3. The lowest BCUT2D eigenvalue weighted by Gasteiger charge is -2.19. The molecule has 7 nitrogen and oxygen atoms in total. The minimum atomic E-state index is -0.794. The number of hydrogen-bond acceptors (Lipinski definition) is 5. The molecule has 0 aliphatic carbocycles. The van der Waals surface area contributed by atoms with Crippen LogP contribution in [0.3, 0.4) is 0 Å². The minimum Gasteiger partial charge on any atom is -0.497 e. The molecule has 180 valence electrons. The first kappa shape index (κ1) is 23.2. The van der Waals surface area contributed by atoms with Crippen molar-refractivity contribution >= 4 is 34.2 Å². The fourth-order valence-electron chi connectivity index (χ4n) is 4.50. The standard InChI is InChI=1S/C27H26ClN3O4/c1-34-21-12-10-19(11-13-21)30-15-18(14-26(30)33)27-29-23-7-3-4-8-24(23)31(27)16-20(32)17-35-25-9-5-2-6-22(25)28/h2-13,18,20,32H,14-17H2,1H3/t18-,20-/m0/s1. The SMILES string of the molecule is COc1ccc(N2C[C@@H](c3nc4ccccc4n3C[C@H](O)COc3ccccc3Cl)CC2=O)cc1. The molecule has 0 spiro atoms. The third-order valence-electron chi connectivity index (χ3n) is 6.22. The van der Waals surface area contributed by atoms with Gasteiger partial charge < -0.3 is 24.0 Å². The van der Waals surface area contributed by atoms with Crippen molar-refractivity contribution < 1.29 is 19.4 Å². The van der Waals surface area contributed by atoms with E-state index in [1.165, 1.54) is 0 Å². The molecular formula is C27H26ClN3O4. The van der Waals surface area contributed by atoms with Gasteiger partial charge in [-0.2, -0.15) is 0 Å². The predicted octanol–water partition coefficient (Wildman–Crippen LogP) is 4.66. The van der Waals surface area contributed by atoms with Crippen molar-refractivity contribution in [2.75, 3.05) is 25.2 Å². The first-order valence-corrected chi connectivity index (χ1v) is 11.9. The van der Waals surface area contributed by atoms with Crippen molar-refractivity contribution in [3.8, 4) is 11.5 Å². The van der Waals surface area contributed by atoms with Crippen molar-refractivity contribution in [3.63, 3.8) is 0 Å². The first-order valence-electron chi connectivity index (χ1n) is 11.5. The van der Waals surface area contributed by atoms with Crippen molar-refractivity contribution in [1.82, 2.24) is 9.55 Å². The number of ether oxygens (including phenoxy) is 2. The number of imidazole rings is 1. The van der Waals surface area contributed by atoms with Gasteiger partial charge in [-0.25, -0.2) is 4.98 Å². The van der Waals surface area contributed by atoms with Gasteiger partial charge in [0.15, 0.2) is 0 Å². The molecule has 2 heterocycles. The van der Waals surface area contributed by atoms with Crippen LogP contribution in [0.1, 0.15) is 18.2 Å². The van der Waals surface area contributed by atoms with Crippen LogP contribution in [0.25, 0.3) is 11.0 Å². The maximum atomic E-state index is 12.9. The first-order chi connectivity index (χ1) is 17.0. The molecule has 1 fully saturated rings. The number of anilines is 1. The monoisotopic (exact) mass is 491 g/mol. The molecule has 0 saturated carbocycles. The number of aliphatic hydroxyl groups excluding tert-OH is 1. The summed E-state index contributed by atoms with van der Waals surface area (Å²) in [6.45, 7) is 0.880. The summed E-state index contributed by atoms with van der Waals surface area (Å²) in [5.74, 6) is 2.00. The third-order valence-corrected chi connectivity index (χ3v) is 6.53. The highest BCUT2D eigenvalue weighted by molar-refractivity contribution is 6.32. The maximum Gasteiger partial charge on any atom is 0.227 e. The van der Waals surface area contributed by atoms with Crippen LogP contribution in [0.5, 0.6) is 11.5 Å². The minimum absolute atomic E-state index is 0.0429. The van der Waals surface area contributed by atoms with Gasteiger partial charge in [0.25, 0.3) is 0 Å². The lowest BCUT2D eigenvalue weighted by atomic mass is 10.1. The normalized spacial score (nSPS) is 16.6. The summed E-state index contributed by atoms with van der Waals surface area (Å²) in [5, 5.41) is 11.3. The van der Waals surface area contributed by atoms with Crippen LogP contribution in [0.2, 0.25) is 5.02 Å². The van der Waals surface area contributed by atoms with Gasteiger partial charge in [-0.3, -0.25) is 4.79 Å². The van der Waals surface area contributed by atoms with E-state index in [4.69, 9.17) is 26.1 Å². The molecule has 1 N–H and O–H groups in total. The maximum absolute atomic E-state index is 12.9. The van der Waals surface area contributed by atoms with E-state index in [9.17, 15) is 9.90 Å². The zero-order chi connectivity index (χ0) is 24.4. The summed E-state index contributed by atoms with van der Waals surface area (Å²) in [7, 11) is 1.62. The van der Waals surface area contributed by atoms with Gasteiger partial charge in [-0.05, 0) is 48.5 Å². The van der Waals surface area contributed by atoms with E-state index in [1.54, 1.807) is 24.1 Å². The predicted molar refractivity (Wildman–Crippen MR) is 135 cm³/mol. The molecule has 1 aliphatic rings. The van der Waals surface area contributed by atoms with Crippen LogP contribution < -0.4 is 14.4 Å². The van der Waals surface area contributed by atoms with E-state index in [0.717, 1.165) is 28.3 Å². The van der Waals surface area contributed by atoms with Crippen LogP contribution in [0, 0.1) is 0 Å². The molecule has 2 atom stereocenters. The number of carbonyl (C=O) groups is 1. The Balaban J connectivity index is 1.37. The number of nitrogens with zero attached hydrogens (tertiary/aromatic N) is 3. The van der Waals surface area contributed by atoms with Crippen molar-refractivity contribution in [1.29, 1.82) is 0 Å². The summed E-state index contributed by atoms with van der Waals surface area (Å²) in [6.07, 6.45) is -0.445. The van der Waals surface area contributed by atoms with E-state index in [-0.39, 0.29) is 25.0 Å². The molecule has 1 amide bonds. The fraction of sp³-hybridized carbons (Fsp3) is 0.259. The Morgan fingerprint density at radius 1 is 1.09 bits per heavy atom. The van der Waals surface area contributed by atoms with Gasteiger partial charge >= 0.3 is 0 Å². The molecule has 8 heteroatoms. The van der Waals surface area contributed by atoms with Crippen LogP contribution in [-0.2, 0) is 11.3 Å². The Hall–Kier alpha value is -3.55. The summed E-state index contributed by atoms with van der Waals surface area (Å²) < 4.78 is 13.0. The number of methoxy groups -OCH3 is 1. The lowest BCUT2D eigenvalue weighted by molar-refractivity contribution is -0.117. The molecular weight excluding hydrogens is 466 g/mol. The molecule has 35 heavy (non-hydrogen) atoms. The second kappa shape index (κ2) is 9.98. The van der Waals surface area contributed by atoms with Crippen molar-refractivity contribution in [2.45, 2.75) is 25.0 Å². The van der Waals surface area contributed by atoms with Gasteiger partial charge in [0.2, 0.25) is 5.91 Å². The average molecular weight is 492 g/mol. The summed E-state index contributed by atoms with van der Waals surface area (Å²) >= 11 is 6.17. The van der Waals surface area contributed by atoms with E-state index >= 15 is 0 Å². The quantitative estimate of drug-likeness (QED) is 0.388. The van der Waals surface area contributed by atoms with Gasteiger partial charge in [-0.1, -0.05) is 35.9 Å². The molecule has 5 rings (SSSR count).